The zero-order valence-electron chi connectivity index (χ0n) is 10.9. The van der Waals surface area contributed by atoms with E-state index in [-0.39, 0.29) is 17.9 Å². The second-order valence-electron chi connectivity index (χ2n) is 4.30. The van der Waals surface area contributed by atoms with Gasteiger partial charge in [-0.3, -0.25) is 9.78 Å². The molecule has 0 unspecified atom stereocenters. The first-order valence-electron chi connectivity index (χ1n) is 5.95. The number of hydrogen-bond acceptors (Lipinski definition) is 4. The predicted molar refractivity (Wildman–Crippen MR) is 73.8 cm³/mol. The number of carboxylic acids is 1. The number of pyridine rings is 1. The van der Waals surface area contributed by atoms with Crippen LogP contribution < -0.4 is 0 Å². The molecular weight excluding hydrogens is 280 g/mol. The maximum absolute atomic E-state index is 12.5. The number of hydrogen-bond donors (Lipinski definition) is 1. The van der Waals surface area contributed by atoms with Crippen molar-refractivity contribution in [1.29, 1.82) is 0 Å². The molecule has 0 atom stereocenters. The molecular formula is C13H14N2O4S. The summed E-state index contributed by atoms with van der Waals surface area (Å²) in [6.45, 7) is -0.0751. The van der Waals surface area contributed by atoms with Crippen molar-refractivity contribution in [3.05, 3.63) is 36.5 Å². The van der Waals surface area contributed by atoms with Crippen molar-refractivity contribution >= 4 is 26.9 Å². The summed E-state index contributed by atoms with van der Waals surface area (Å²) in [6, 6.07) is 8.19. The summed E-state index contributed by atoms with van der Waals surface area (Å²) in [7, 11) is -2.36. The molecule has 1 aromatic carbocycles. The van der Waals surface area contributed by atoms with Crippen LogP contribution in [0.3, 0.4) is 0 Å². The van der Waals surface area contributed by atoms with Gasteiger partial charge in [0.15, 0.2) is 0 Å². The van der Waals surface area contributed by atoms with Gasteiger partial charge < -0.3 is 5.11 Å². The highest BCUT2D eigenvalue weighted by Crippen LogP contribution is 2.23. The first kappa shape index (κ1) is 14.4. The van der Waals surface area contributed by atoms with Gasteiger partial charge in [-0.25, -0.2) is 12.7 Å². The summed E-state index contributed by atoms with van der Waals surface area (Å²) in [5, 5.41) is 9.16. The minimum absolute atomic E-state index is 0.0751. The molecule has 2 rings (SSSR count). The summed E-state index contributed by atoms with van der Waals surface area (Å²) in [6.07, 6.45) is 1.35. The third kappa shape index (κ3) is 2.78. The van der Waals surface area contributed by atoms with E-state index in [1.165, 1.54) is 13.1 Å². The summed E-state index contributed by atoms with van der Waals surface area (Å²) in [5.41, 5.74) is 0.584. The molecule has 0 radical (unpaired) electrons. The number of sulfonamides is 1. The highest BCUT2D eigenvalue weighted by Gasteiger charge is 2.23. The third-order valence-corrected chi connectivity index (χ3v) is 4.85. The van der Waals surface area contributed by atoms with Gasteiger partial charge in [-0.05, 0) is 24.3 Å². The molecule has 0 spiro atoms. The molecule has 0 fully saturated rings. The Morgan fingerprint density at radius 3 is 2.75 bits per heavy atom. The first-order chi connectivity index (χ1) is 9.43. The Kier molecular flexibility index (Phi) is 4.01. The zero-order chi connectivity index (χ0) is 14.8. The van der Waals surface area contributed by atoms with Crippen LogP contribution in [0.4, 0.5) is 0 Å². The Labute approximate surface area is 116 Å². The largest absolute Gasteiger partial charge is 0.481 e. The van der Waals surface area contributed by atoms with E-state index in [4.69, 9.17) is 5.11 Å². The van der Waals surface area contributed by atoms with Crippen molar-refractivity contribution in [2.45, 2.75) is 11.3 Å². The molecule has 1 heterocycles. The van der Waals surface area contributed by atoms with Crippen molar-refractivity contribution < 1.29 is 18.3 Å². The monoisotopic (exact) mass is 294 g/mol. The van der Waals surface area contributed by atoms with Gasteiger partial charge >= 0.3 is 5.97 Å². The molecule has 0 aliphatic carbocycles. The van der Waals surface area contributed by atoms with Gasteiger partial charge in [0.05, 0.1) is 16.8 Å². The minimum Gasteiger partial charge on any atom is -0.481 e. The van der Waals surface area contributed by atoms with E-state index in [0.29, 0.717) is 10.9 Å². The van der Waals surface area contributed by atoms with Crippen LogP contribution >= 0.6 is 0 Å². The molecule has 6 nitrogen and oxygen atoms in total. The smallest absolute Gasteiger partial charge is 0.304 e. The lowest BCUT2D eigenvalue weighted by molar-refractivity contribution is -0.137. The minimum atomic E-state index is -3.73. The summed E-state index contributed by atoms with van der Waals surface area (Å²) in [5.74, 6) is -1.04. The van der Waals surface area contributed by atoms with Gasteiger partial charge in [0, 0.05) is 25.2 Å². The van der Waals surface area contributed by atoms with E-state index in [1.54, 1.807) is 30.5 Å². The standard InChI is InChI=1S/C13H14N2O4S/c1-15(9-7-13(16)17)20(18,19)12-6-2-5-11-10(12)4-3-8-14-11/h2-6,8H,7,9H2,1H3,(H,16,17). The van der Waals surface area contributed by atoms with Gasteiger partial charge in [-0.15, -0.1) is 0 Å². The van der Waals surface area contributed by atoms with Crippen molar-refractivity contribution in [2.24, 2.45) is 0 Å². The van der Waals surface area contributed by atoms with Crippen LogP contribution in [0.1, 0.15) is 6.42 Å². The SMILES string of the molecule is CN(CCC(=O)O)S(=O)(=O)c1cccc2ncccc12. The highest BCUT2D eigenvalue weighted by molar-refractivity contribution is 7.89. The highest BCUT2D eigenvalue weighted by atomic mass is 32.2. The molecule has 0 amide bonds. The van der Waals surface area contributed by atoms with E-state index in [9.17, 15) is 13.2 Å². The molecule has 2 aromatic rings. The van der Waals surface area contributed by atoms with E-state index in [1.807, 2.05) is 0 Å². The van der Waals surface area contributed by atoms with Crippen LogP contribution in [0.5, 0.6) is 0 Å². The number of rotatable bonds is 5. The van der Waals surface area contributed by atoms with E-state index in [2.05, 4.69) is 4.98 Å². The van der Waals surface area contributed by atoms with Gasteiger partial charge in [-0.1, -0.05) is 6.07 Å². The molecule has 0 saturated heterocycles. The molecule has 0 aliphatic rings. The summed E-state index contributed by atoms with van der Waals surface area (Å²) < 4.78 is 26.0. The lowest BCUT2D eigenvalue weighted by atomic mass is 10.2. The number of carboxylic acid groups (broad SMARTS) is 1. The Bertz CT molecular complexity index is 738. The van der Waals surface area contributed by atoms with Gasteiger partial charge in [0.2, 0.25) is 10.0 Å². The van der Waals surface area contributed by atoms with Crippen LogP contribution in [0.25, 0.3) is 10.9 Å². The zero-order valence-corrected chi connectivity index (χ0v) is 11.7. The molecule has 1 aromatic heterocycles. The summed E-state index contributed by atoms with van der Waals surface area (Å²) in [4.78, 5) is 14.8. The van der Waals surface area contributed by atoms with Gasteiger partial charge in [-0.2, -0.15) is 0 Å². The normalized spacial score (nSPS) is 11.9. The second-order valence-corrected chi connectivity index (χ2v) is 6.31. The average Bonchev–Trinajstić information content (AvgIpc) is 2.43. The lowest BCUT2D eigenvalue weighted by Crippen LogP contribution is -2.29. The van der Waals surface area contributed by atoms with Crippen LogP contribution in [-0.4, -0.2) is 42.4 Å². The number of aromatic nitrogens is 1. The fourth-order valence-corrected chi connectivity index (χ4v) is 3.21. The fourth-order valence-electron chi connectivity index (χ4n) is 1.84. The Morgan fingerprint density at radius 1 is 1.30 bits per heavy atom. The Hall–Kier alpha value is -1.99. The van der Waals surface area contributed by atoms with E-state index in [0.717, 1.165) is 4.31 Å². The number of carbonyl (C=O) groups is 1. The van der Waals surface area contributed by atoms with Crippen molar-refractivity contribution in [1.82, 2.24) is 9.29 Å². The number of fused-ring (bicyclic) bond motifs is 1. The fraction of sp³-hybridized carbons (Fsp3) is 0.231. The maximum atomic E-state index is 12.5. The number of nitrogens with zero attached hydrogens (tertiary/aromatic N) is 2. The van der Waals surface area contributed by atoms with Gasteiger partial charge in [0.1, 0.15) is 0 Å². The van der Waals surface area contributed by atoms with Crippen LogP contribution in [0.2, 0.25) is 0 Å². The second kappa shape index (κ2) is 5.56. The van der Waals surface area contributed by atoms with Crippen molar-refractivity contribution in [3.8, 4) is 0 Å². The van der Waals surface area contributed by atoms with E-state index >= 15 is 0 Å². The maximum Gasteiger partial charge on any atom is 0.304 e. The molecule has 7 heteroatoms. The molecule has 106 valence electrons. The number of benzene rings is 1. The molecule has 0 aliphatic heterocycles. The topological polar surface area (TPSA) is 87.6 Å². The van der Waals surface area contributed by atoms with Crippen molar-refractivity contribution in [2.75, 3.05) is 13.6 Å². The molecule has 0 bridgehead atoms. The van der Waals surface area contributed by atoms with Crippen LogP contribution in [-0.2, 0) is 14.8 Å². The lowest BCUT2D eigenvalue weighted by Gasteiger charge is -2.17. The Morgan fingerprint density at radius 2 is 2.05 bits per heavy atom. The Balaban J connectivity index is 2.44. The average molecular weight is 294 g/mol. The quantitative estimate of drug-likeness (QED) is 0.898. The predicted octanol–water partition coefficient (Wildman–Crippen LogP) is 1.33. The molecule has 20 heavy (non-hydrogen) atoms. The molecule has 1 N–H and O–H groups in total. The van der Waals surface area contributed by atoms with Gasteiger partial charge in [0.25, 0.3) is 0 Å². The van der Waals surface area contributed by atoms with Crippen molar-refractivity contribution in [3.63, 3.8) is 0 Å². The van der Waals surface area contributed by atoms with Crippen LogP contribution in [0.15, 0.2) is 41.4 Å². The molecule has 0 saturated carbocycles. The summed E-state index contributed by atoms with van der Waals surface area (Å²) >= 11 is 0. The van der Waals surface area contributed by atoms with Crippen LogP contribution in [0, 0.1) is 0 Å². The third-order valence-electron chi connectivity index (χ3n) is 2.93. The number of aliphatic carboxylic acids is 1. The van der Waals surface area contributed by atoms with E-state index < -0.39 is 16.0 Å². The first-order valence-corrected chi connectivity index (χ1v) is 7.39.